The Hall–Kier alpha value is -3.48. The van der Waals surface area contributed by atoms with Crippen LogP contribution < -0.4 is 16.0 Å². The molecule has 3 rings (SSSR count). The number of carboxylic acid groups (broad SMARTS) is 1. The predicted molar refractivity (Wildman–Crippen MR) is 103 cm³/mol. The average Bonchev–Trinajstić information content (AvgIpc) is 2.68. The van der Waals surface area contributed by atoms with E-state index in [0.717, 1.165) is 5.56 Å². The van der Waals surface area contributed by atoms with E-state index in [1.165, 1.54) is 4.68 Å². The fraction of sp³-hybridized carbons (Fsp3) is 0.238. The Bertz CT molecular complexity index is 1070. The largest absolute Gasteiger partial charge is 0.548 e. The van der Waals surface area contributed by atoms with Crippen LogP contribution in [0.2, 0.25) is 0 Å². The summed E-state index contributed by atoms with van der Waals surface area (Å²) in [6.45, 7) is 3.56. The topological polar surface area (TPSA) is 104 Å². The smallest absolute Gasteiger partial charge is 0.274 e. The summed E-state index contributed by atoms with van der Waals surface area (Å²) in [7, 11) is 0. The van der Waals surface area contributed by atoms with Gasteiger partial charge < -0.3 is 15.2 Å². The number of nitrogens with one attached hydrogen (secondary N) is 1. The SMILES string of the molecule is CC(C)n1nc(C(=O)N[C@@H](Cc2ccccc2)C(=O)[O-])c2ccccc2c1=O. The number of nitrogens with zero attached hydrogens (tertiary/aromatic N) is 2. The van der Waals surface area contributed by atoms with Crippen LogP contribution in [0.4, 0.5) is 0 Å². The molecule has 0 fully saturated rings. The van der Waals surface area contributed by atoms with Crippen LogP contribution >= 0.6 is 0 Å². The van der Waals surface area contributed by atoms with Crippen LogP contribution in [0, 0.1) is 0 Å². The van der Waals surface area contributed by atoms with Crippen LogP contribution in [0.15, 0.2) is 59.4 Å². The number of amides is 1. The summed E-state index contributed by atoms with van der Waals surface area (Å²) in [5.74, 6) is -2.06. The van der Waals surface area contributed by atoms with Gasteiger partial charge in [-0.2, -0.15) is 5.10 Å². The summed E-state index contributed by atoms with van der Waals surface area (Å²) in [5.41, 5.74) is 0.452. The number of carbonyl (C=O) groups is 2. The zero-order valence-electron chi connectivity index (χ0n) is 15.6. The lowest BCUT2D eigenvalue weighted by Gasteiger charge is -2.20. The second kappa shape index (κ2) is 8.04. The minimum Gasteiger partial charge on any atom is -0.548 e. The molecular formula is C21H20N3O4-. The van der Waals surface area contributed by atoms with Crippen LogP contribution in [0.1, 0.15) is 35.9 Å². The molecule has 0 aliphatic heterocycles. The van der Waals surface area contributed by atoms with Gasteiger partial charge in [-0.1, -0.05) is 48.5 Å². The predicted octanol–water partition coefficient (Wildman–Crippen LogP) is 1.07. The summed E-state index contributed by atoms with van der Waals surface area (Å²) < 4.78 is 1.22. The molecule has 0 radical (unpaired) electrons. The Morgan fingerprint density at radius 2 is 1.64 bits per heavy atom. The Balaban J connectivity index is 1.99. The van der Waals surface area contributed by atoms with Crippen molar-refractivity contribution < 1.29 is 14.7 Å². The summed E-state index contributed by atoms with van der Waals surface area (Å²) in [6, 6.07) is 14.1. The number of fused-ring (bicyclic) bond motifs is 1. The molecule has 0 aliphatic carbocycles. The van der Waals surface area contributed by atoms with Crippen molar-refractivity contribution >= 4 is 22.6 Å². The number of rotatable bonds is 6. The highest BCUT2D eigenvalue weighted by atomic mass is 16.4. The van der Waals surface area contributed by atoms with Crippen LogP contribution in [0.3, 0.4) is 0 Å². The van der Waals surface area contributed by atoms with Crippen LogP contribution in [-0.4, -0.2) is 27.7 Å². The van der Waals surface area contributed by atoms with Crippen LogP contribution in [-0.2, 0) is 11.2 Å². The first-order valence-electron chi connectivity index (χ1n) is 8.95. The minimum atomic E-state index is -1.39. The maximum atomic E-state index is 12.9. The molecule has 7 heteroatoms. The van der Waals surface area contributed by atoms with Gasteiger partial charge in [0.05, 0.1) is 23.4 Å². The average molecular weight is 378 g/mol. The first-order valence-corrected chi connectivity index (χ1v) is 8.95. The van der Waals surface area contributed by atoms with E-state index in [-0.39, 0.29) is 23.7 Å². The number of carboxylic acids is 1. The zero-order chi connectivity index (χ0) is 20.3. The monoisotopic (exact) mass is 378 g/mol. The Morgan fingerprint density at radius 1 is 1.04 bits per heavy atom. The highest BCUT2D eigenvalue weighted by molar-refractivity contribution is 6.05. The lowest BCUT2D eigenvalue weighted by Crippen LogP contribution is -2.49. The highest BCUT2D eigenvalue weighted by Crippen LogP contribution is 2.15. The van der Waals surface area contributed by atoms with Crippen molar-refractivity contribution in [1.29, 1.82) is 0 Å². The number of hydrogen-bond acceptors (Lipinski definition) is 5. The van der Waals surface area contributed by atoms with E-state index in [0.29, 0.717) is 10.8 Å². The number of benzene rings is 2. The van der Waals surface area contributed by atoms with Crippen LogP contribution in [0.25, 0.3) is 10.8 Å². The van der Waals surface area contributed by atoms with Crippen LogP contribution in [0.5, 0.6) is 0 Å². The fourth-order valence-corrected chi connectivity index (χ4v) is 2.99. The van der Waals surface area contributed by atoms with E-state index in [1.54, 1.807) is 62.4 Å². The third kappa shape index (κ3) is 3.93. The maximum Gasteiger partial charge on any atom is 0.274 e. The molecule has 0 bridgehead atoms. The van der Waals surface area contributed by atoms with Gasteiger partial charge in [-0.3, -0.25) is 9.59 Å². The van der Waals surface area contributed by atoms with Crippen molar-refractivity contribution in [3.05, 3.63) is 76.2 Å². The van der Waals surface area contributed by atoms with Gasteiger partial charge in [-0.25, -0.2) is 4.68 Å². The van der Waals surface area contributed by atoms with Crippen molar-refractivity contribution in [3.8, 4) is 0 Å². The van der Waals surface area contributed by atoms with Gasteiger partial charge in [0.2, 0.25) is 0 Å². The fourth-order valence-electron chi connectivity index (χ4n) is 2.99. The zero-order valence-corrected chi connectivity index (χ0v) is 15.6. The van der Waals surface area contributed by atoms with E-state index in [1.807, 2.05) is 6.07 Å². The quantitative estimate of drug-likeness (QED) is 0.691. The molecule has 1 atom stereocenters. The molecule has 7 nitrogen and oxygen atoms in total. The molecule has 28 heavy (non-hydrogen) atoms. The Kier molecular flexibility index (Phi) is 5.54. The van der Waals surface area contributed by atoms with E-state index in [9.17, 15) is 19.5 Å². The van der Waals surface area contributed by atoms with E-state index in [2.05, 4.69) is 10.4 Å². The van der Waals surface area contributed by atoms with Crippen molar-refractivity contribution in [2.45, 2.75) is 32.4 Å². The van der Waals surface area contributed by atoms with Gasteiger partial charge in [-0.05, 0) is 31.9 Å². The molecule has 1 heterocycles. The van der Waals surface area contributed by atoms with E-state index < -0.39 is 17.9 Å². The Morgan fingerprint density at radius 3 is 2.25 bits per heavy atom. The minimum absolute atomic E-state index is 0.00297. The molecule has 0 spiro atoms. The van der Waals surface area contributed by atoms with Gasteiger partial charge >= 0.3 is 0 Å². The maximum absolute atomic E-state index is 12.9. The Labute approximate surface area is 161 Å². The molecule has 0 saturated carbocycles. The third-order valence-electron chi connectivity index (χ3n) is 4.41. The lowest BCUT2D eigenvalue weighted by atomic mass is 10.1. The number of aromatic nitrogens is 2. The molecule has 3 aromatic rings. The van der Waals surface area contributed by atoms with Gasteiger partial charge in [0, 0.05) is 5.39 Å². The third-order valence-corrected chi connectivity index (χ3v) is 4.41. The van der Waals surface area contributed by atoms with E-state index in [4.69, 9.17) is 0 Å². The molecule has 2 aromatic carbocycles. The van der Waals surface area contributed by atoms with Crippen molar-refractivity contribution in [1.82, 2.24) is 15.1 Å². The number of hydrogen-bond donors (Lipinski definition) is 1. The molecular weight excluding hydrogens is 358 g/mol. The van der Waals surface area contributed by atoms with Crippen molar-refractivity contribution in [2.75, 3.05) is 0 Å². The molecule has 144 valence electrons. The van der Waals surface area contributed by atoms with Crippen molar-refractivity contribution in [2.24, 2.45) is 0 Å². The van der Waals surface area contributed by atoms with Gasteiger partial charge in [0.25, 0.3) is 11.5 Å². The van der Waals surface area contributed by atoms with Gasteiger partial charge in [0.1, 0.15) is 0 Å². The second-order valence-corrected chi connectivity index (χ2v) is 6.77. The lowest BCUT2D eigenvalue weighted by molar-refractivity contribution is -0.308. The molecule has 1 amide bonds. The first kappa shape index (κ1) is 19.3. The molecule has 0 aliphatic rings. The van der Waals surface area contributed by atoms with Crippen molar-refractivity contribution in [3.63, 3.8) is 0 Å². The van der Waals surface area contributed by atoms with Gasteiger partial charge in [-0.15, -0.1) is 0 Å². The highest BCUT2D eigenvalue weighted by Gasteiger charge is 2.21. The summed E-state index contributed by atoms with van der Waals surface area (Å²) in [6.07, 6.45) is 0.0800. The molecule has 0 unspecified atom stereocenters. The summed E-state index contributed by atoms with van der Waals surface area (Å²) >= 11 is 0. The number of aliphatic carboxylic acids is 1. The first-order chi connectivity index (χ1) is 13.4. The number of carbonyl (C=O) groups excluding carboxylic acids is 2. The molecule has 1 N–H and O–H groups in total. The molecule has 1 aromatic heterocycles. The second-order valence-electron chi connectivity index (χ2n) is 6.77. The summed E-state index contributed by atoms with van der Waals surface area (Å²) in [4.78, 5) is 37.0. The summed E-state index contributed by atoms with van der Waals surface area (Å²) in [5, 5.41) is 19.0. The normalized spacial score (nSPS) is 12.1. The van der Waals surface area contributed by atoms with E-state index >= 15 is 0 Å². The molecule has 0 saturated heterocycles. The standard InChI is InChI=1S/C21H21N3O4/c1-13(2)24-20(26)16-11-7-6-10-15(16)18(23-24)19(25)22-17(21(27)28)12-14-8-4-3-5-9-14/h3-11,13,17H,12H2,1-2H3,(H,22,25)(H,27,28)/p-1/t17-/m0/s1. The van der Waals surface area contributed by atoms with Gasteiger partial charge in [0.15, 0.2) is 5.69 Å².